The van der Waals surface area contributed by atoms with Crippen LogP contribution in [0.1, 0.15) is 31.9 Å². The van der Waals surface area contributed by atoms with Gasteiger partial charge < -0.3 is 10.4 Å². The molecule has 0 aliphatic heterocycles. The summed E-state index contributed by atoms with van der Waals surface area (Å²) in [4.78, 5) is 0. The highest BCUT2D eigenvalue weighted by Crippen LogP contribution is 2.27. The van der Waals surface area contributed by atoms with Gasteiger partial charge in [0.25, 0.3) is 0 Å². The molecule has 2 nitrogen and oxygen atoms in total. The van der Waals surface area contributed by atoms with Crippen LogP contribution in [0.3, 0.4) is 0 Å². The number of rotatable bonds is 4. The Hall–Kier alpha value is -1.30. The fourth-order valence-corrected chi connectivity index (χ4v) is 1.81. The average molecular weight is 265 g/mol. The lowest BCUT2D eigenvalue weighted by Crippen LogP contribution is -2.33. The summed E-state index contributed by atoms with van der Waals surface area (Å²) in [6.07, 6.45) is -5.20. The van der Waals surface area contributed by atoms with Crippen LogP contribution < -0.4 is 5.32 Å². The van der Waals surface area contributed by atoms with E-state index in [0.717, 1.165) is 12.1 Å². The minimum Gasteiger partial charge on any atom is -0.508 e. The zero-order valence-corrected chi connectivity index (χ0v) is 10.1. The first kappa shape index (κ1) is 14.8. The second-order valence-electron chi connectivity index (χ2n) is 4.31. The van der Waals surface area contributed by atoms with Crippen molar-refractivity contribution in [1.29, 1.82) is 0 Å². The molecule has 2 unspecified atom stereocenters. The summed E-state index contributed by atoms with van der Waals surface area (Å²) < 4.78 is 49.2. The molecule has 1 rings (SSSR count). The Kier molecular flexibility index (Phi) is 4.56. The predicted octanol–water partition coefficient (Wildman–Crippen LogP) is 3.52. The van der Waals surface area contributed by atoms with E-state index in [9.17, 15) is 22.7 Å². The lowest BCUT2D eigenvalue weighted by Gasteiger charge is -2.22. The van der Waals surface area contributed by atoms with Crippen molar-refractivity contribution in [2.75, 3.05) is 0 Å². The number of halogens is 4. The number of phenols is 1. The average Bonchev–Trinajstić information content (AvgIpc) is 2.13. The second-order valence-corrected chi connectivity index (χ2v) is 4.31. The standard InChI is InChI=1S/C12H15F4NO/c1-7(6-12(14,15)16)17-8(2)10-4-3-9(13)5-11(10)18/h3-5,7-8,17-18H,6H2,1-2H3. The molecular weight excluding hydrogens is 250 g/mol. The Balaban J connectivity index is 2.67. The SMILES string of the molecule is CC(CC(F)(F)F)NC(C)c1ccc(F)cc1O. The van der Waals surface area contributed by atoms with Gasteiger partial charge in [0.15, 0.2) is 0 Å². The first-order chi connectivity index (χ1) is 8.19. The zero-order chi connectivity index (χ0) is 13.9. The maximum Gasteiger partial charge on any atom is 0.390 e. The molecule has 0 amide bonds. The number of benzene rings is 1. The summed E-state index contributed by atoms with van der Waals surface area (Å²) >= 11 is 0. The van der Waals surface area contributed by atoms with Crippen LogP contribution in [0.4, 0.5) is 17.6 Å². The van der Waals surface area contributed by atoms with E-state index in [0.29, 0.717) is 5.56 Å². The van der Waals surface area contributed by atoms with Crippen LogP contribution >= 0.6 is 0 Å². The Morgan fingerprint density at radius 1 is 1.28 bits per heavy atom. The van der Waals surface area contributed by atoms with Crippen molar-refractivity contribution in [3.8, 4) is 5.75 Å². The molecule has 1 aromatic carbocycles. The molecular formula is C12H15F4NO. The minimum absolute atomic E-state index is 0.269. The Morgan fingerprint density at radius 3 is 2.39 bits per heavy atom. The van der Waals surface area contributed by atoms with Gasteiger partial charge in [-0.15, -0.1) is 0 Å². The van der Waals surface area contributed by atoms with Crippen LogP contribution in [0, 0.1) is 5.82 Å². The quantitative estimate of drug-likeness (QED) is 0.816. The molecule has 0 fully saturated rings. The van der Waals surface area contributed by atoms with Gasteiger partial charge in [-0.3, -0.25) is 0 Å². The summed E-state index contributed by atoms with van der Waals surface area (Å²) in [6.45, 7) is 3.02. The van der Waals surface area contributed by atoms with E-state index in [1.54, 1.807) is 6.92 Å². The summed E-state index contributed by atoms with van der Waals surface area (Å²) in [6, 6.07) is 2.15. The van der Waals surface area contributed by atoms with E-state index in [1.807, 2.05) is 0 Å². The monoisotopic (exact) mass is 265 g/mol. The van der Waals surface area contributed by atoms with Gasteiger partial charge in [0.05, 0.1) is 6.42 Å². The van der Waals surface area contributed by atoms with Crippen LogP contribution in [0.2, 0.25) is 0 Å². The van der Waals surface area contributed by atoms with Crippen molar-refractivity contribution in [1.82, 2.24) is 5.32 Å². The van der Waals surface area contributed by atoms with Gasteiger partial charge in [0, 0.05) is 23.7 Å². The minimum atomic E-state index is -4.24. The first-order valence-electron chi connectivity index (χ1n) is 5.50. The molecule has 6 heteroatoms. The number of nitrogens with one attached hydrogen (secondary N) is 1. The van der Waals surface area contributed by atoms with Gasteiger partial charge in [0.1, 0.15) is 11.6 Å². The molecule has 0 spiro atoms. The van der Waals surface area contributed by atoms with Crippen LogP contribution in [-0.4, -0.2) is 17.3 Å². The maximum atomic E-state index is 12.8. The molecule has 18 heavy (non-hydrogen) atoms. The molecule has 0 heterocycles. The number of alkyl halides is 3. The van der Waals surface area contributed by atoms with E-state index in [4.69, 9.17) is 0 Å². The Bertz CT molecular complexity index is 406. The van der Waals surface area contributed by atoms with Gasteiger partial charge in [-0.25, -0.2) is 4.39 Å². The molecule has 2 N–H and O–H groups in total. The Labute approximate surface area is 103 Å². The third-order valence-electron chi connectivity index (χ3n) is 2.53. The first-order valence-corrected chi connectivity index (χ1v) is 5.50. The van der Waals surface area contributed by atoms with Gasteiger partial charge in [0.2, 0.25) is 0 Å². The summed E-state index contributed by atoms with van der Waals surface area (Å²) in [5.74, 6) is -0.860. The van der Waals surface area contributed by atoms with Crippen molar-refractivity contribution < 1.29 is 22.7 Å². The van der Waals surface area contributed by atoms with E-state index in [1.165, 1.54) is 13.0 Å². The predicted molar refractivity (Wildman–Crippen MR) is 59.7 cm³/mol. The summed E-state index contributed by atoms with van der Waals surface area (Å²) in [5, 5.41) is 12.2. The molecule has 2 atom stereocenters. The smallest absolute Gasteiger partial charge is 0.390 e. The fraction of sp³-hybridized carbons (Fsp3) is 0.500. The molecule has 0 aliphatic carbocycles. The van der Waals surface area contributed by atoms with Crippen molar-refractivity contribution in [2.45, 2.75) is 38.5 Å². The normalized spacial score (nSPS) is 15.4. The lowest BCUT2D eigenvalue weighted by atomic mass is 10.1. The third kappa shape index (κ3) is 4.52. The molecule has 0 saturated heterocycles. The van der Waals surface area contributed by atoms with Crippen molar-refractivity contribution in [3.05, 3.63) is 29.6 Å². The highest BCUT2D eigenvalue weighted by atomic mass is 19.4. The molecule has 0 aromatic heterocycles. The number of hydrogen-bond acceptors (Lipinski definition) is 2. The van der Waals surface area contributed by atoms with Gasteiger partial charge in [-0.1, -0.05) is 6.07 Å². The highest BCUT2D eigenvalue weighted by molar-refractivity contribution is 5.34. The van der Waals surface area contributed by atoms with Crippen molar-refractivity contribution >= 4 is 0 Å². The number of aromatic hydroxyl groups is 1. The van der Waals surface area contributed by atoms with Gasteiger partial charge in [-0.05, 0) is 19.9 Å². The molecule has 0 saturated carbocycles. The molecule has 0 bridgehead atoms. The van der Waals surface area contributed by atoms with Crippen molar-refractivity contribution in [3.63, 3.8) is 0 Å². The lowest BCUT2D eigenvalue weighted by molar-refractivity contribution is -0.139. The van der Waals surface area contributed by atoms with Gasteiger partial charge in [-0.2, -0.15) is 13.2 Å². The summed E-state index contributed by atoms with van der Waals surface area (Å²) in [7, 11) is 0. The van der Waals surface area contributed by atoms with E-state index < -0.39 is 30.5 Å². The molecule has 0 aliphatic rings. The van der Waals surface area contributed by atoms with Crippen LogP contribution in [0.25, 0.3) is 0 Å². The Morgan fingerprint density at radius 2 is 1.89 bits per heavy atom. The highest BCUT2D eigenvalue weighted by Gasteiger charge is 2.30. The van der Waals surface area contributed by atoms with E-state index in [-0.39, 0.29) is 5.75 Å². The second kappa shape index (κ2) is 5.56. The van der Waals surface area contributed by atoms with E-state index in [2.05, 4.69) is 5.32 Å². The largest absolute Gasteiger partial charge is 0.508 e. The number of phenolic OH excluding ortho intramolecular Hbond substituents is 1. The molecule has 1 aromatic rings. The molecule has 102 valence electrons. The summed E-state index contributed by atoms with van der Waals surface area (Å²) in [5.41, 5.74) is 0.366. The van der Waals surface area contributed by atoms with E-state index >= 15 is 0 Å². The van der Waals surface area contributed by atoms with Crippen LogP contribution in [-0.2, 0) is 0 Å². The van der Waals surface area contributed by atoms with Crippen molar-refractivity contribution in [2.24, 2.45) is 0 Å². The van der Waals surface area contributed by atoms with Gasteiger partial charge >= 0.3 is 6.18 Å². The zero-order valence-electron chi connectivity index (χ0n) is 10.1. The third-order valence-corrected chi connectivity index (χ3v) is 2.53. The molecule has 0 radical (unpaired) electrons. The topological polar surface area (TPSA) is 32.3 Å². The number of hydrogen-bond donors (Lipinski definition) is 2. The maximum absolute atomic E-state index is 12.8. The fourth-order valence-electron chi connectivity index (χ4n) is 1.81. The van der Waals surface area contributed by atoms with Crippen LogP contribution in [0.15, 0.2) is 18.2 Å². The van der Waals surface area contributed by atoms with Crippen LogP contribution in [0.5, 0.6) is 5.75 Å².